The number of fused-ring (bicyclic) bond motifs is 1. The van der Waals surface area contributed by atoms with Crippen LogP contribution in [0.1, 0.15) is 28.8 Å². The van der Waals surface area contributed by atoms with Gasteiger partial charge in [-0.2, -0.15) is 13.2 Å². The van der Waals surface area contributed by atoms with Crippen LogP contribution in [0.15, 0.2) is 34.6 Å². The topological polar surface area (TPSA) is 52.6 Å². The molecule has 1 unspecified atom stereocenters. The number of hydrogen-bond acceptors (Lipinski definition) is 4. The number of rotatable bonds is 6. The lowest BCUT2D eigenvalue weighted by atomic mass is 9.99. The molecular weight excluding hydrogens is 526 g/mol. The van der Waals surface area contributed by atoms with Gasteiger partial charge in [0.25, 0.3) is 0 Å². The summed E-state index contributed by atoms with van der Waals surface area (Å²) < 4.78 is 37.8. The van der Waals surface area contributed by atoms with Gasteiger partial charge in [-0.15, -0.1) is 35.3 Å². The van der Waals surface area contributed by atoms with Gasteiger partial charge >= 0.3 is 6.18 Å². The van der Waals surface area contributed by atoms with E-state index in [4.69, 9.17) is 0 Å². The lowest BCUT2D eigenvalue weighted by Gasteiger charge is -2.34. The highest BCUT2D eigenvalue weighted by Crippen LogP contribution is 2.30. The van der Waals surface area contributed by atoms with Crippen molar-refractivity contribution >= 4 is 41.3 Å². The van der Waals surface area contributed by atoms with E-state index in [0.717, 1.165) is 42.8 Å². The van der Waals surface area contributed by atoms with Gasteiger partial charge in [0.15, 0.2) is 11.7 Å². The Morgan fingerprint density at radius 2 is 2.00 bits per heavy atom. The predicted molar refractivity (Wildman–Crippen MR) is 126 cm³/mol. The highest BCUT2D eigenvalue weighted by molar-refractivity contribution is 14.0. The van der Waals surface area contributed by atoms with Gasteiger partial charge in [0, 0.05) is 51.1 Å². The van der Waals surface area contributed by atoms with Gasteiger partial charge in [0.1, 0.15) is 0 Å². The summed E-state index contributed by atoms with van der Waals surface area (Å²) in [6.45, 7) is 5.35. The van der Waals surface area contributed by atoms with E-state index in [1.807, 2.05) is 0 Å². The summed E-state index contributed by atoms with van der Waals surface area (Å²) in [5.74, 6) is 0.641. The maximum atomic E-state index is 12.6. The summed E-state index contributed by atoms with van der Waals surface area (Å²) >= 11 is 1.03. The molecule has 1 atom stereocenters. The molecule has 0 aliphatic carbocycles. The fraction of sp³-hybridized carbons (Fsp3) is 0.500. The number of halogens is 4. The molecule has 0 radical (unpaired) electrons. The number of guanidine groups is 1. The number of aromatic nitrogens is 1. The van der Waals surface area contributed by atoms with Gasteiger partial charge in [-0.05, 0) is 24.5 Å². The molecule has 1 aliphatic heterocycles. The minimum absolute atomic E-state index is 0. The van der Waals surface area contributed by atoms with E-state index >= 15 is 0 Å². The third kappa shape index (κ3) is 6.81. The average molecular weight is 553 g/mol. The Morgan fingerprint density at radius 1 is 1.27 bits per heavy atom. The summed E-state index contributed by atoms with van der Waals surface area (Å²) in [7, 11) is 1.68. The monoisotopic (exact) mass is 553 g/mol. The van der Waals surface area contributed by atoms with Crippen molar-refractivity contribution in [3.05, 3.63) is 51.5 Å². The molecule has 0 spiro atoms. The van der Waals surface area contributed by atoms with Crippen molar-refractivity contribution in [2.45, 2.75) is 38.5 Å². The van der Waals surface area contributed by atoms with Crippen molar-refractivity contribution in [1.82, 2.24) is 20.5 Å². The van der Waals surface area contributed by atoms with E-state index in [1.165, 1.54) is 11.1 Å². The smallest absolute Gasteiger partial charge is 0.356 e. The molecule has 0 saturated carbocycles. The first-order valence-electron chi connectivity index (χ1n) is 9.63. The molecule has 30 heavy (non-hydrogen) atoms. The normalized spacial score (nSPS) is 15.8. The number of aliphatic imine (C=N–C) groups is 1. The average Bonchev–Trinajstić information content (AvgIpc) is 3.19. The summed E-state index contributed by atoms with van der Waals surface area (Å²) in [5.41, 5.74) is 1.99. The Balaban J connectivity index is 0.00000320. The molecule has 10 heteroatoms. The number of hydrogen-bond donors (Lipinski definition) is 2. The Hall–Kier alpha value is -1.40. The number of benzene rings is 1. The van der Waals surface area contributed by atoms with E-state index in [0.29, 0.717) is 30.0 Å². The Kier molecular flexibility index (Phi) is 9.35. The molecule has 166 valence electrons. The van der Waals surface area contributed by atoms with Gasteiger partial charge < -0.3 is 10.6 Å². The van der Waals surface area contributed by atoms with E-state index in [2.05, 4.69) is 56.7 Å². The van der Waals surface area contributed by atoms with Crippen LogP contribution in [0.25, 0.3) is 0 Å². The Labute approximate surface area is 196 Å². The Bertz CT molecular complexity index is 840. The SMILES string of the molecule is CN=C(NCCc1nc(C(F)(F)F)cs1)NCC(C)N1CCc2ccccc2C1.I. The molecule has 0 bridgehead atoms. The third-order valence-electron chi connectivity index (χ3n) is 5.05. The zero-order valence-corrected chi connectivity index (χ0v) is 20.1. The molecule has 0 amide bonds. The zero-order chi connectivity index (χ0) is 20.9. The minimum Gasteiger partial charge on any atom is -0.356 e. The van der Waals surface area contributed by atoms with Gasteiger partial charge in [0.2, 0.25) is 0 Å². The van der Waals surface area contributed by atoms with Crippen molar-refractivity contribution < 1.29 is 13.2 Å². The fourth-order valence-electron chi connectivity index (χ4n) is 3.33. The van der Waals surface area contributed by atoms with Gasteiger partial charge in [-0.3, -0.25) is 9.89 Å². The van der Waals surface area contributed by atoms with Crippen molar-refractivity contribution in [2.24, 2.45) is 4.99 Å². The van der Waals surface area contributed by atoms with Crippen molar-refractivity contribution in [3.8, 4) is 0 Å². The number of alkyl halides is 3. The first-order valence-corrected chi connectivity index (χ1v) is 10.5. The van der Waals surface area contributed by atoms with Crippen LogP contribution >= 0.6 is 35.3 Å². The molecule has 1 aromatic carbocycles. The maximum absolute atomic E-state index is 12.6. The zero-order valence-electron chi connectivity index (χ0n) is 17.0. The minimum atomic E-state index is -4.38. The van der Waals surface area contributed by atoms with Crippen LogP contribution in [0.2, 0.25) is 0 Å². The van der Waals surface area contributed by atoms with Crippen LogP contribution in [-0.2, 0) is 25.6 Å². The van der Waals surface area contributed by atoms with Crippen molar-refractivity contribution in [1.29, 1.82) is 0 Å². The highest BCUT2D eigenvalue weighted by Gasteiger charge is 2.33. The van der Waals surface area contributed by atoms with Crippen molar-refractivity contribution in [2.75, 3.05) is 26.7 Å². The van der Waals surface area contributed by atoms with Crippen LogP contribution in [0, 0.1) is 0 Å². The predicted octanol–water partition coefficient (Wildman–Crippen LogP) is 3.93. The summed E-state index contributed by atoms with van der Waals surface area (Å²) in [5, 5.41) is 7.97. The summed E-state index contributed by atoms with van der Waals surface area (Å²) in [6, 6.07) is 8.88. The molecule has 3 rings (SSSR count). The number of nitrogens with one attached hydrogen (secondary N) is 2. The first kappa shape index (κ1) is 24.9. The second kappa shape index (κ2) is 11.3. The van der Waals surface area contributed by atoms with E-state index in [9.17, 15) is 13.2 Å². The number of thiazole rings is 1. The van der Waals surface area contributed by atoms with E-state index in [-0.39, 0.29) is 24.0 Å². The lowest BCUT2D eigenvalue weighted by Crippen LogP contribution is -2.47. The van der Waals surface area contributed by atoms with Crippen LogP contribution in [0.3, 0.4) is 0 Å². The molecule has 2 N–H and O–H groups in total. The Morgan fingerprint density at radius 3 is 2.67 bits per heavy atom. The van der Waals surface area contributed by atoms with Gasteiger partial charge in [0.05, 0.1) is 5.01 Å². The second-order valence-electron chi connectivity index (χ2n) is 7.09. The summed E-state index contributed by atoms with van der Waals surface area (Å²) in [4.78, 5) is 10.3. The standard InChI is InChI=1S/C20H26F3N5S.HI/c1-14(28-10-8-15-5-3-4-6-16(15)12-28)11-26-19(24-2)25-9-7-18-27-17(13-29-18)20(21,22)23;/h3-6,13-14H,7-12H2,1-2H3,(H2,24,25,26);1H. The molecule has 2 aromatic rings. The number of nitrogens with zero attached hydrogens (tertiary/aromatic N) is 3. The van der Waals surface area contributed by atoms with Crippen LogP contribution in [-0.4, -0.2) is 48.6 Å². The largest absolute Gasteiger partial charge is 0.434 e. The van der Waals surface area contributed by atoms with E-state index < -0.39 is 11.9 Å². The summed E-state index contributed by atoms with van der Waals surface area (Å²) in [6.07, 6.45) is -2.91. The lowest BCUT2D eigenvalue weighted by molar-refractivity contribution is -0.140. The van der Waals surface area contributed by atoms with Crippen LogP contribution in [0.5, 0.6) is 0 Å². The molecule has 2 heterocycles. The fourth-order valence-corrected chi connectivity index (χ4v) is 4.14. The molecule has 1 aromatic heterocycles. The highest BCUT2D eigenvalue weighted by atomic mass is 127. The van der Waals surface area contributed by atoms with Crippen molar-refractivity contribution in [3.63, 3.8) is 0 Å². The first-order chi connectivity index (χ1) is 13.9. The van der Waals surface area contributed by atoms with Gasteiger partial charge in [-0.25, -0.2) is 4.98 Å². The van der Waals surface area contributed by atoms with E-state index in [1.54, 1.807) is 7.05 Å². The molecule has 0 saturated heterocycles. The molecule has 5 nitrogen and oxygen atoms in total. The second-order valence-corrected chi connectivity index (χ2v) is 8.03. The third-order valence-corrected chi connectivity index (χ3v) is 5.95. The quantitative estimate of drug-likeness (QED) is 0.324. The van der Waals surface area contributed by atoms with Crippen LogP contribution in [0.4, 0.5) is 13.2 Å². The molecule has 0 fully saturated rings. The maximum Gasteiger partial charge on any atom is 0.434 e. The van der Waals surface area contributed by atoms with Crippen LogP contribution < -0.4 is 10.6 Å². The molecule has 1 aliphatic rings. The molecular formula is C20H27F3IN5S. The van der Waals surface area contributed by atoms with Gasteiger partial charge in [-0.1, -0.05) is 24.3 Å².